The summed E-state index contributed by atoms with van der Waals surface area (Å²) in [6.45, 7) is 13.7. The summed E-state index contributed by atoms with van der Waals surface area (Å²) in [6.07, 6.45) is -1.07. The van der Waals surface area contributed by atoms with Gasteiger partial charge in [0.2, 0.25) is 5.91 Å². The Morgan fingerprint density at radius 2 is 1.65 bits per heavy atom. The third kappa shape index (κ3) is 4.13. The molecular formula is C16H31NO5Si. The summed E-state index contributed by atoms with van der Waals surface area (Å²) >= 11 is 0. The number of hydrogen-bond acceptors (Lipinski definition) is 5. The first-order chi connectivity index (χ1) is 10.4. The lowest BCUT2D eigenvalue weighted by Crippen LogP contribution is -2.73. The zero-order valence-electron chi connectivity index (χ0n) is 15.8. The zero-order chi connectivity index (χ0) is 18.2. The summed E-state index contributed by atoms with van der Waals surface area (Å²) < 4.78 is 18.2. The largest absolute Gasteiger partial charge is 0.442 e. The van der Waals surface area contributed by atoms with Gasteiger partial charge in [-0.05, 0) is 5.41 Å². The van der Waals surface area contributed by atoms with E-state index < -0.39 is 26.7 Å². The van der Waals surface area contributed by atoms with Crippen molar-refractivity contribution < 1.29 is 23.8 Å². The highest BCUT2D eigenvalue weighted by Gasteiger charge is 2.60. The van der Waals surface area contributed by atoms with Crippen LogP contribution in [0.15, 0.2) is 0 Å². The van der Waals surface area contributed by atoms with Crippen molar-refractivity contribution >= 4 is 20.1 Å². The lowest BCUT2D eigenvalue weighted by molar-refractivity contribution is -0.227. The van der Waals surface area contributed by atoms with Crippen LogP contribution in [-0.2, 0) is 23.8 Å². The van der Waals surface area contributed by atoms with E-state index in [1.165, 1.54) is 6.92 Å². The van der Waals surface area contributed by atoms with Crippen LogP contribution in [0.2, 0.25) is 19.6 Å². The number of carbonyl (C=O) groups excluding carboxylic acids is 2. The predicted molar refractivity (Wildman–Crippen MR) is 90.0 cm³/mol. The first kappa shape index (κ1) is 20.1. The van der Waals surface area contributed by atoms with Gasteiger partial charge in [0.05, 0.1) is 0 Å². The third-order valence-corrected chi connectivity index (χ3v) is 6.16. The summed E-state index contributed by atoms with van der Waals surface area (Å²) in [7, 11) is 1.18. The molecule has 0 aromatic carbocycles. The van der Waals surface area contributed by atoms with E-state index in [9.17, 15) is 9.59 Å². The lowest BCUT2D eigenvalue weighted by Gasteiger charge is -2.56. The van der Waals surface area contributed by atoms with Crippen LogP contribution in [0.4, 0.5) is 0 Å². The van der Waals surface area contributed by atoms with Crippen molar-refractivity contribution in [2.75, 3.05) is 14.2 Å². The van der Waals surface area contributed by atoms with Crippen molar-refractivity contribution in [2.24, 2.45) is 17.3 Å². The van der Waals surface area contributed by atoms with Gasteiger partial charge in [0, 0.05) is 27.1 Å². The van der Waals surface area contributed by atoms with E-state index in [-0.39, 0.29) is 23.2 Å². The smallest absolute Gasteiger partial charge is 0.304 e. The second kappa shape index (κ2) is 6.90. The van der Waals surface area contributed by atoms with Crippen LogP contribution in [0.5, 0.6) is 0 Å². The Kier molecular flexibility index (Phi) is 6.04. The van der Waals surface area contributed by atoms with Gasteiger partial charge in [-0.15, -0.1) is 0 Å². The normalized spacial score (nSPS) is 23.7. The molecule has 1 fully saturated rings. The molecule has 0 saturated carbocycles. The van der Waals surface area contributed by atoms with Crippen molar-refractivity contribution in [2.45, 2.75) is 59.9 Å². The number of methoxy groups -OCH3 is 2. The summed E-state index contributed by atoms with van der Waals surface area (Å²) in [5.41, 5.74) is -0.249. The summed E-state index contributed by atoms with van der Waals surface area (Å²) in [4.78, 5) is 24.4. The number of esters is 1. The Bertz CT molecular complexity index is 450. The minimum absolute atomic E-state index is 0.0226. The first-order valence-electron chi connectivity index (χ1n) is 7.92. The predicted octanol–water partition coefficient (Wildman–Crippen LogP) is 2.45. The van der Waals surface area contributed by atoms with Crippen LogP contribution in [0.3, 0.4) is 0 Å². The summed E-state index contributed by atoms with van der Waals surface area (Å²) in [5, 5.41) is 0. The molecule has 1 aliphatic rings. The second-order valence-electron chi connectivity index (χ2n) is 8.14. The molecule has 1 aliphatic heterocycles. The maximum Gasteiger partial charge on any atom is 0.304 e. The highest BCUT2D eigenvalue weighted by atomic mass is 28.3. The van der Waals surface area contributed by atoms with E-state index in [1.807, 2.05) is 20.8 Å². The van der Waals surface area contributed by atoms with Crippen molar-refractivity contribution in [3.63, 3.8) is 0 Å². The minimum atomic E-state index is -1.94. The Labute approximate surface area is 140 Å². The highest BCUT2D eigenvalue weighted by Crippen LogP contribution is 2.46. The van der Waals surface area contributed by atoms with Gasteiger partial charge >= 0.3 is 5.97 Å². The zero-order valence-corrected chi connectivity index (χ0v) is 16.8. The van der Waals surface area contributed by atoms with Crippen LogP contribution in [0.25, 0.3) is 0 Å². The van der Waals surface area contributed by atoms with Gasteiger partial charge in [0.1, 0.15) is 5.92 Å². The molecule has 0 N–H and O–H groups in total. The maximum atomic E-state index is 12.9. The summed E-state index contributed by atoms with van der Waals surface area (Å²) in [6, 6.07) is 0. The lowest BCUT2D eigenvalue weighted by atomic mass is 9.69. The topological polar surface area (TPSA) is 65.1 Å². The Morgan fingerprint density at radius 1 is 1.17 bits per heavy atom. The molecule has 0 aromatic rings. The van der Waals surface area contributed by atoms with Crippen LogP contribution < -0.4 is 0 Å². The second-order valence-corrected chi connectivity index (χ2v) is 13.0. The summed E-state index contributed by atoms with van der Waals surface area (Å²) in [5.74, 6) is -1.03. The SMILES string of the molecule is COC(OC)[C@H]([C@H]1C(=O)N([Si](C)(C)C)[C@@H]1OC(C)=O)C(C)(C)C. The van der Waals surface area contributed by atoms with E-state index in [4.69, 9.17) is 14.2 Å². The molecule has 1 heterocycles. The molecule has 1 saturated heterocycles. The molecule has 1 rings (SSSR count). The molecule has 0 aliphatic carbocycles. The molecule has 23 heavy (non-hydrogen) atoms. The van der Waals surface area contributed by atoms with E-state index in [0.717, 1.165) is 0 Å². The third-order valence-electron chi connectivity index (χ3n) is 4.24. The molecule has 0 spiro atoms. The van der Waals surface area contributed by atoms with Gasteiger partial charge in [-0.1, -0.05) is 40.4 Å². The van der Waals surface area contributed by atoms with Crippen LogP contribution in [0.1, 0.15) is 27.7 Å². The molecule has 0 unspecified atom stereocenters. The number of β-lactam (4-membered cyclic amide) rings is 1. The van der Waals surface area contributed by atoms with Gasteiger partial charge in [0.25, 0.3) is 0 Å². The molecule has 0 aromatic heterocycles. The molecule has 7 heteroatoms. The maximum absolute atomic E-state index is 12.9. The monoisotopic (exact) mass is 345 g/mol. The number of amides is 1. The van der Waals surface area contributed by atoms with Crippen molar-refractivity contribution in [3.8, 4) is 0 Å². The molecule has 6 nitrogen and oxygen atoms in total. The Hall–Kier alpha value is -0.923. The fourth-order valence-corrected chi connectivity index (χ4v) is 5.12. The van der Waals surface area contributed by atoms with E-state index in [2.05, 4.69) is 19.6 Å². The fourth-order valence-electron chi connectivity index (χ4n) is 3.33. The van der Waals surface area contributed by atoms with Crippen molar-refractivity contribution in [3.05, 3.63) is 0 Å². The number of nitrogens with zero attached hydrogens (tertiary/aromatic N) is 1. The quantitative estimate of drug-likeness (QED) is 0.320. The molecule has 1 amide bonds. The number of rotatable bonds is 6. The van der Waals surface area contributed by atoms with Gasteiger partial charge in [0.15, 0.2) is 20.8 Å². The number of carbonyl (C=O) groups is 2. The van der Waals surface area contributed by atoms with Gasteiger partial charge in [-0.25, -0.2) is 0 Å². The standard InChI is InChI=1S/C16H31NO5Si/c1-10(18)22-14-11(13(19)17(14)23(7,8)9)12(16(2,3)4)15(20-5)21-6/h11-12,14-15H,1-9H3/t11-,12-,14+/m0/s1. The Morgan fingerprint density at radius 3 is 1.96 bits per heavy atom. The first-order valence-corrected chi connectivity index (χ1v) is 11.4. The Balaban J connectivity index is 3.24. The van der Waals surface area contributed by atoms with Gasteiger partial charge < -0.3 is 18.8 Å². The van der Waals surface area contributed by atoms with E-state index in [1.54, 1.807) is 18.8 Å². The van der Waals surface area contributed by atoms with Gasteiger partial charge in [-0.2, -0.15) is 0 Å². The average molecular weight is 346 g/mol. The van der Waals surface area contributed by atoms with E-state index >= 15 is 0 Å². The van der Waals surface area contributed by atoms with Crippen molar-refractivity contribution in [1.29, 1.82) is 0 Å². The molecular weight excluding hydrogens is 314 g/mol. The molecule has 3 atom stereocenters. The van der Waals surface area contributed by atoms with Gasteiger partial charge in [-0.3, -0.25) is 9.59 Å². The molecule has 134 valence electrons. The highest BCUT2D eigenvalue weighted by molar-refractivity contribution is 6.76. The van der Waals surface area contributed by atoms with Crippen molar-refractivity contribution in [1.82, 2.24) is 4.57 Å². The average Bonchev–Trinajstić information content (AvgIpc) is 2.35. The minimum Gasteiger partial charge on any atom is -0.442 e. The van der Waals surface area contributed by atoms with Crippen LogP contribution in [-0.4, -0.2) is 51.4 Å². The fraction of sp³-hybridized carbons (Fsp3) is 0.875. The molecule has 0 bridgehead atoms. The number of hydrogen-bond donors (Lipinski definition) is 0. The van der Waals surface area contributed by atoms with Crippen LogP contribution >= 0.6 is 0 Å². The molecule has 0 radical (unpaired) electrons. The van der Waals surface area contributed by atoms with E-state index in [0.29, 0.717) is 0 Å². The van der Waals surface area contributed by atoms with Crippen LogP contribution in [0, 0.1) is 17.3 Å². The number of ether oxygens (including phenoxy) is 3.